The van der Waals surface area contributed by atoms with E-state index in [1.807, 2.05) is 47.4 Å². The number of rotatable bonds is 5. The van der Waals surface area contributed by atoms with E-state index in [0.717, 1.165) is 54.8 Å². The van der Waals surface area contributed by atoms with E-state index >= 15 is 0 Å². The molecule has 0 saturated carbocycles. The quantitative estimate of drug-likeness (QED) is 0.552. The molecular formula is C23H23ClN2O3. The molecule has 4 rings (SSSR count). The van der Waals surface area contributed by atoms with Crippen LogP contribution in [0.5, 0.6) is 11.5 Å². The standard InChI is InChI=1S/C23H23ClN2O3/c24-20-8-5-19(6-9-20)16-25-11-13-26(14-12-25)23(27)4-2-1-3-18-7-10-21-22(15-18)29-17-28-21/h1-10,15H,11-14,16-17H2/b3-1+,4-2+. The fourth-order valence-electron chi connectivity index (χ4n) is 3.40. The summed E-state index contributed by atoms with van der Waals surface area (Å²) in [7, 11) is 0. The van der Waals surface area contributed by atoms with Crippen LogP contribution in [-0.2, 0) is 11.3 Å². The molecule has 0 atom stereocenters. The van der Waals surface area contributed by atoms with E-state index in [9.17, 15) is 4.79 Å². The highest BCUT2D eigenvalue weighted by atomic mass is 35.5. The van der Waals surface area contributed by atoms with Crippen molar-refractivity contribution < 1.29 is 14.3 Å². The number of hydrogen-bond acceptors (Lipinski definition) is 4. The summed E-state index contributed by atoms with van der Waals surface area (Å²) in [5.74, 6) is 1.57. The molecule has 6 heteroatoms. The van der Waals surface area contributed by atoms with Gasteiger partial charge in [-0.1, -0.05) is 48.0 Å². The predicted octanol–water partition coefficient (Wildman–Crippen LogP) is 3.98. The SMILES string of the molecule is O=C(/C=C/C=C/c1ccc2c(c1)OCO2)N1CCN(Cc2ccc(Cl)cc2)CC1. The number of amides is 1. The van der Waals surface area contributed by atoms with Gasteiger partial charge in [0.15, 0.2) is 11.5 Å². The van der Waals surface area contributed by atoms with Crippen molar-refractivity contribution in [3.8, 4) is 11.5 Å². The molecule has 2 aliphatic rings. The Hall–Kier alpha value is -2.76. The average Bonchev–Trinajstić information content (AvgIpc) is 3.21. The Kier molecular flexibility index (Phi) is 6.17. The van der Waals surface area contributed by atoms with Crippen LogP contribution in [0, 0.1) is 0 Å². The first kappa shape index (κ1) is 19.6. The van der Waals surface area contributed by atoms with Crippen LogP contribution in [0.3, 0.4) is 0 Å². The Morgan fingerprint density at radius 1 is 0.966 bits per heavy atom. The summed E-state index contributed by atoms with van der Waals surface area (Å²) in [5.41, 5.74) is 2.24. The smallest absolute Gasteiger partial charge is 0.246 e. The number of hydrogen-bond donors (Lipinski definition) is 0. The van der Waals surface area contributed by atoms with Gasteiger partial charge >= 0.3 is 0 Å². The molecule has 0 N–H and O–H groups in total. The van der Waals surface area contributed by atoms with Crippen LogP contribution in [-0.4, -0.2) is 48.7 Å². The monoisotopic (exact) mass is 410 g/mol. The van der Waals surface area contributed by atoms with E-state index in [1.165, 1.54) is 5.56 Å². The molecule has 150 valence electrons. The molecule has 2 aromatic carbocycles. The predicted molar refractivity (Wildman–Crippen MR) is 114 cm³/mol. The third kappa shape index (κ3) is 5.19. The van der Waals surface area contributed by atoms with Gasteiger partial charge in [-0.2, -0.15) is 0 Å². The lowest BCUT2D eigenvalue weighted by atomic mass is 10.2. The summed E-state index contributed by atoms with van der Waals surface area (Å²) in [4.78, 5) is 16.7. The van der Waals surface area contributed by atoms with Crippen LogP contribution in [0.25, 0.3) is 6.08 Å². The molecular weight excluding hydrogens is 388 g/mol. The first-order valence-corrected chi connectivity index (χ1v) is 10.1. The number of carbonyl (C=O) groups excluding carboxylic acids is 1. The van der Waals surface area contributed by atoms with Crippen molar-refractivity contribution in [1.82, 2.24) is 9.80 Å². The van der Waals surface area contributed by atoms with E-state index in [2.05, 4.69) is 17.0 Å². The van der Waals surface area contributed by atoms with Crippen LogP contribution >= 0.6 is 11.6 Å². The van der Waals surface area contributed by atoms with Gasteiger partial charge < -0.3 is 14.4 Å². The highest BCUT2D eigenvalue weighted by Crippen LogP contribution is 2.32. The van der Waals surface area contributed by atoms with E-state index < -0.39 is 0 Å². The molecule has 2 aliphatic heterocycles. The number of carbonyl (C=O) groups is 1. The molecule has 5 nitrogen and oxygen atoms in total. The number of piperazine rings is 1. The maximum Gasteiger partial charge on any atom is 0.246 e. The third-order valence-corrected chi connectivity index (χ3v) is 5.29. The lowest BCUT2D eigenvalue weighted by molar-refractivity contribution is -0.127. The van der Waals surface area contributed by atoms with Gasteiger partial charge in [-0.3, -0.25) is 9.69 Å². The van der Waals surface area contributed by atoms with Crippen LogP contribution in [0.4, 0.5) is 0 Å². The first-order valence-electron chi connectivity index (χ1n) is 9.67. The second-order valence-electron chi connectivity index (χ2n) is 7.06. The Balaban J connectivity index is 1.23. The summed E-state index contributed by atoms with van der Waals surface area (Å²) in [6, 6.07) is 13.7. The summed E-state index contributed by atoms with van der Waals surface area (Å²) < 4.78 is 10.7. The molecule has 0 bridgehead atoms. The van der Waals surface area contributed by atoms with Crippen molar-refractivity contribution >= 4 is 23.6 Å². The Bertz CT molecular complexity index is 916. The Morgan fingerprint density at radius 3 is 2.52 bits per heavy atom. The molecule has 0 radical (unpaired) electrons. The van der Waals surface area contributed by atoms with Gasteiger partial charge in [0.2, 0.25) is 12.7 Å². The maximum atomic E-state index is 12.4. The second kappa shape index (κ2) is 9.16. The molecule has 1 amide bonds. The largest absolute Gasteiger partial charge is 0.454 e. The zero-order chi connectivity index (χ0) is 20.1. The van der Waals surface area contributed by atoms with Crippen molar-refractivity contribution in [3.05, 3.63) is 76.8 Å². The molecule has 2 heterocycles. The molecule has 2 aromatic rings. The Morgan fingerprint density at radius 2 is 1.72 bits per heavy atom. The van der Waals surface area contributed by atoms with Gasteiger partial charge in [0.25, 0.3) is 0 Å². The number of fused-ring (bicyclic) bond motifs is 1. The van der Waals surface area contributed by atoms with Crippen molar-refractivity contribution in [2.24, 2.45) is 0 Å². The summed E-state index contributed by atoms with van der Waals surface area (Å²) >= 11 is 5.94. The van der Waals surface area contributed by atoms with Gasteiger partial charge in [0, 0.05) is 43.8 Å². The van der Waals surface area contributed by atoms with Gasteiger partial charge in [-0.25, -0.2) is 0 Å². The highest BCUT2D eigenvalue weighted by Gasteiger charge is 2.19. The van der Waals surface area contributed by atoms with Crippen LogP contribution in [0.15, 0.2) is 60.7 Å². The number of halogens is 1. The van der Waals surface area contributed by atoms with E-state index in [-0.39, 0.29) is 12.7 Å². The molecule has 0 aliphatic carbocycles. The van der Waals surface area contributed by atoms with Crippen LogP contribution < -0.4 is 9.47 Å². The average molecular weight is 411 g/mol. The van der Waals surface area contributed by atoms with Gasteiger partial charge in [0.05, 0.1) is 0 Å². The minimum absolute atomic E-state index is 0.0477. The van der Waals surface area contributed by atoms with Crippen molar-refractivity contribution in [3.63, 3.8) is 0 Å². The van der Waals surface area contributed by atoms with Crippen molar-refractivity contribution in [2.75, 3.05) is 33.0 Å². The van der Waals surface area contributed by atoms with Crippen LogP contribution in [0.1, 0.15) is 11.1 Å². The normalized spacial score (nSPS) is 16.8. The van der Waals surface area contributed by atoms with E-state index in [1.54, 1.807) is 12.2 Å². The zero-order valence-corrected chi connectivity index (χ0v) is 16.8. The van der Waals surface area contributed by atoms with Crippen LogP contribution in [0.2, 0.25) is 5.02 Å². The van der Waals surface area contributed by atoms with Gasteiger partial charge in [0.1, 0.15) is 0 Å². The lowest BCUT2D eigenvalue weighted by Gasteiger charge is -2.34. The fraction of sp³-hybridized carbons (Fsp3) is 0.261. The summed E-state index contributed by atoms with van der Waals surface area (Å²) in [5, 5.41) is 0.753. The third-order valence-electron chi connectivity index (χ3n) is 5.04. The molecule has 1 saturated heterocycles. The molecule has 1 fully saturated rings. The van der Waals surface area contributed by atoms with Gasteiger partial charge in [-0.05, 0) is 35.4 Å². The minimum atomic E-state index is 0.0477. The van der Waals surface area contributed by atoms with E-state index in [0.29, 0.717) is 0 Å². The Labute approximate surface area is 175 Å². The number of nitrogens with zero attached hydrogens (tertiary/aromatic N) is 2. The number of ether oxygens (including phenoxy) is 2. The van der Waals surface area contributed by atoms with Gasteiger partial charge in [-0.15, -0.1) is 0 Å². The summed E-state index contributed by atoms with van der Waals surface area (Å²) in [6.45, 7) is 4.37. The first-order chi connectivity index (χ1) is 14.2. The topological polar surface area (TPSA) is 42.0 Å². The van der Waals surface area contributed by atoms with Crippen molar-refractivity contribution in [2.45, 2.75) is 6.54 Å². The van der Waals surface area contributed by atoms with E-state index in [4.69, 9.17) is 21.1 Å². The lowest BCUT2D eigenvalue weighted by Crippen LogP contribution is -2.47. The summed E-state index contributed by atoms with van der Waals surface area (Å²) in [6.07, 6.45) is 7.22. The van der Waals surface area contributed by atoms with Crippen molar-refractivity contribution in [1.29, 1.82) is 0 Å². The number of benzene rings is 2. The minimum Gasteiger partial charge on any atom is -0.454 e. The molecule has 0 aromatic heterocycles. The molecule has 0 unspecified atom stereocenters. The fourth-order valence-corrected chi connectivity index (χ4v) is 3.53. The maximum absolute atomic E-state index is 12.4. The molecule has 0 spiro atoms. The zero-order valence-electron chi connectivity index (χ0n) is 16.1. The molecule has 29 heavy (non-hydrogen) atoms. The highest BCUT2D eigenvalue weighted by molar-refractivity contribution is 6.30. The second-order valence-corrected chi connectivity index (χ2v) is 7.50. The number of allylic oxidation sites excluding steroid dienone is 2.